The van der Waals surface area contributed by atoms with Gasteiger partial charge in [0.25, 0.3) is 0 Å². The zero-order valence-corrected chi connectivity index (χ0v) is 9.92. The lowest BCUT2D eigenvalue weighted by Gasteiger charge is -1.94. The smallest absolute Gasteiger partial charge is 0.313 e. The third-order valence-electron chi connectivity index (χ3n) is 1.87. The summed E-state index contributed by atoms with van der Waals surface area (Å²) in [5.41, 5.74) is 1.96. The first-order chi connectivity index (χ1) is 7.75. The topological polar surface area (TPSA) is 50.2 Å². The summed E-state index contributed by atoms with van der Waals surface area (Å²) in [4.78, 5) is 14.8. The number of carboxylic acid groups (broad SMARTS) is 1. The first-order valence-corrected chi connectivity index (χ1v) is 6.48. The van der Waals surface area contributed by atoms with Gasteiger partial charge in [-0.05, 0) is 0 Å². The number of thioether (sulfide) groups is 1. The van der Waals surface area contributed by atoms with Gasteiger partial charge in [0.15, 0.2) is 4.34 Å². The van der Waals surface area contributed by atoms with Crippen molar-refractivity contribution in [1.82, 2.24) is 4.98 Å². The second-order valence-corrected chi connectivity index (χ2v) is 5.13. The Hall–Kier alpha value is -1.33. The lowest BCUT2D eigenvalue weighted by Crippen LogP contribution is -1.96. The van der Waals surface area contributed by atoms with Crippen molar-refractivity contribution in [2.24, 2.45) is 0 Å². The van der Waals surface area contributed by atoms with E-state index in [0.29, 0.717) is 0 Å². The van der Waals surface area contributed by atoms with E-state index in [1.807, 2.05) is 35.7 Å². The van der Waals surface area contributed by atoms with E-state index in [9.17, 15) is 4.79 Å². The van der Waals surface area contributed by atoms with Gasteiger partial charge in [0, 0.05) is 10.9 Å². The molecule has 1 aromatic carbocycles. The van der Waals surface area contributed by atoms with Crippen molar-refractivity contribution in [2.75, 3.05) is 5.75 Å². The normalized spacial score (nSPS) is 10.2. The Morgan fingerprint density at radius 2 is 2.12 bits per heavy atom. The van der Waals surface area contributed by atoms with Crippen LogP contribution in [-0.2, 0) is 4.79 Å². The Labute approximate surface area is 101 Å². The first-order valence-electron chi connectivity index (χ1n) is 4.61. The van der Waals surface area contributed by atoms with Crippen molar-refractivity contribution in [1.29, 1.82) is 0 Å². The van der Waals surface area contributed by atoms with Gasteiger partial charge in [0.2, 0.25) is 0 Å². The van der Waals surface area contributed by atoms with Crippen molar-refractivity contribution in [3.8, 4) is 11.3 Å². The fraction of sp³-hybridized carbons (Fsp3) is 0.0909. The third-order valence-corrected chi connectivity index (χ3v) is 3.88. The Morgan fingerprint density at radius 1 is 1.38 bits per heavy atom. The maximum absolute atomic E-state index is 10.4. The van der Waals surface area contributed by atoms with Gasteiger partial charge >= 0.3 is 5.97 Å². The molecule has 0 unspecified atom stereocenters. The van der Waals surface area contributed by atoms with E-state index in [1.54, 1.807) is 0 Å². The van der Waals surface area contributed by atoms with E-state index in [1.165, 1.54) is 23.1 Å². The first kappa shape index (κ1) is 11.2. The van der Waals surface area contributed by atoms with Gasteiger partial charge in [-0.25, -0.2) is 4.98 Å². The Bertz CT molecular complexity index is 482. The molecule has 0 amide bonds. The van der Waals surface area contributed by atoms with Crippen LogP contribution >= 0.6 is 23.1 Å². The number of carboxylic acids is 1. The van der Waals surface area contributed by atoms with Gasteiger partial charge in [0.1, 0.15) is 0 Å². The number of rotatable bonds is 4. The van der Waals surface area contributed by atoms with Gasteiger partial charge in [-0.3, -0.25) is 4.79 Å². The van der Waals surface area contributed by atoms with Crippen LogP contribution in [0.4, 0.5) is 0 Å². The molecule has 3 nitrogen and oxygen atoms in total. The largest absolute Gasteiger partial charge is 0.481 e. The van der Waals surface area contributed by atoms with Crippen LogP contribution in [0.25, 0.3) is 11.3 Å². The summed E-state index contributed by atoms with van der Waals surface area (Å²) in [6.07, 6.45) is 0. The number of aromatic nitrogens is 1. The summed E-state index contributed by atoms with van der Waals surface area (Å²) in [5.74, 6) is -0.761. The van der Waals surface area contributed by atoms with Crippen LogP contribution in [0.2, 0.25) is 0 Å². The van der Waals surface area contributed by atoms with Crippen LogP contribution in [0, 0.1) is 0 Å². The molecule has 0 atom stereocenters. The standard InChI is InChI=1S/C11H9NO2S2/c13-10(14)7-16-11-12-9(6-15-11)8-4-2-1-3-5-8/h1-6H,7H2,(H,13,14). The molecule has 82 valence electrons. The highest BCUT2D eigenvalue weighted by Crippen LogP contribution is 2.27. The van der Waals surface area contributed by atoms with Gasteiger partial charge in [-0.1, -0.05) is 42.1 Å². The number of nitrogens with zero attached hydrogens (tertiary/aromatic N) is 1. The average molecular weight is 251 g/mol. The SMILES string of the molecule is O=C(O)CSc1nc(-c2ccccc2)cs1. The number of carbonyl (C=O) groups is 1. The van der Waals surface area contributed by atoms with Gasteiger partial charge in [-0.2, -0.15) is 0 Å². The highest BCUT2D eigenvalue weighted by Gasteiger charge is 2.06. The molecule has 2 aromatic rings. The third kappa shape index (κ3) is 2.84. The molecule has 2 rings (SSSR count). The van der Waals surface area contributed by atoms with E-state index < -0.39 is 5.97 Å². The van der Waals surface area contributed by atoms with Crippen molar-refractivity contribution >= 4 is 29.1 Å². The summed E-state index contributed by atoms with van der Waals surface area (Å²) in [6.45, 7) is 0. The fourth-order valence-corrected chi connectivity index (χ4v) is 2.74. The molecule has 0 radical (unpaired) electrons. The van der Waals surface area contributed by atoms with Crippen molar-refractivity contribution in [2.45, 2.75) is 4.34 Å². The summed E-state index contributed by atoms with van der Waals surface area (Å²) in [7, 11) is 0. The zero-order chi connectivity index (χ0) is 11.4. The van der Waals surface area contributed by atoms with E-state index >= 15 is 0 Å². The lowest BCUT2D eigenvalue weighted by molar-refractivity contribution is -0.133. The van der Waals surface area contributed by atoms with Crippen LogP contribution in [0.5, 0.6) is 0 Å². The highest BCUT2D eigenvalue weighted by molar-refractivity contribution is 8.01. The average Bonchev–Trinajstić information content (AvgIpc) is 2.76. The highest BCUT2D eigenvalue weighted by atomic mass is 32.2. The van der Waals surface area contributed by atoms with Gasteiger partial charge in [-0.15, -0.1) is 11.3 Å². The summed E-state index contributed by atoms with van der Waals surface area (Å²) >= 11 is 2.73. The van der Waals surface area contributed by atoms with E-state index in [-0.39, 0.29) is 5.75 Å². The van der Waals surface area contributed by atoms with E-state index in [2.05, 4.69) is 4.98 Å². The fourth-order valence-electron chi connectivity index (χ4n) is 1.19. The molecule has 0 aliphatic carbocycles. The molecule has 1 heterocycles. The van der Waals surface area contributed by atoms with Crippen molar-refractivity contribution in [3.05, 3.63) is 35.7 Å². The van der Waals surface area contributed by atoms with Crippen LogP contribution in [-0.4, -0.2) is 21.8 Å². The minimum absolute atomic E-state index is 0.0573. The number of hydrogen-bond acceptors (Lipinski definition) is 4. The molecule has 5 heteroatoms. The summed E-state index contributed by atoms with van der Waals surface area (Å²) in [5, 5.41) is 10.5. The Balaban J connectivity index is 2.11. The molecule has 1 N–H and O–H groups in total. The molecule has 0 spiro atoms. The molecule has 0 fully saturated rings. The predicted molar refractivity (Wildman–Crippen MR) is 65.9 cm³/mol. The molecule has 16 heavy (non-hydrogen) atoms. The molecule has 0 aliphatic heterocycles. The quantitative estimate of drug-likeness (QED) is 0.849. The van der Waals surface area contributed by atoms with E-state index in [4.69, 9.17) is 5.11 Å². The zero-order valence-electron chi connectivity index (χ0n) is 8.29. The van der Waals surface area contributed by atoms with Crippen LogP contribution in [0.3, 0.4) is 0 Å². The predicted octanol–water partition coefficient (Wildman–Crippen LogP) is 2.99. The van der Waals surface area contributed by atoms with Crippen LogP contribution in [0.15, 0.2) is 40.1 Å². The molecule has 0 aliphatic rings. The van der Waals surface area contributed by atoms with Crippen molar-refractivity contribution in [3.63, 3.8) is 0 Å². The number of aliphatic carboxylic acids is 1. The summed E-state index contributed by atoms with van der Waals surface area (Å²) < 4.78 is 0.793. The minimum Gasteiger partial charge on any atom is -0.481 e. The molecular formula is C11H9NO2S2. The molecule has 0 saturated carbocycles. The summed E-state index contributed by atoms with van der Waals surface area (Å²) in [6, 6.07) is 9.84. The van der Waals surface area contributed by atoms with Crippen LogP contribution < -0.4 is 0 Å². The second kappa shape index (κ2) is 5.14. The van der Waals surface area contributed by atoms with E-state index in [0.717, 1.165) is 15.6 Å². The lowest BCUT2D eigenvalue weighted by atomic mass is 10.2. The van der Waals surface area contributed by atoms with Gasteiger partial charge in [0.05, 0.1) is 11.4 Å². The minimum atomic E-state index is -0.818. The van der Waals surface area contributed by atoms with Crippen molar-refractivity contribution < 1.29 is 9.90 Å². The molecule has 0 saturated heterocycles. The monoisotopic (exact) mass is 251 g/mol. The number of thiazole rings is 1. The number of hydrogen-bond donors (Lipinski definition) is 1. The van der Waals surface area contributed by atoms with Gasteiger partial charge < -0.3 is 5.11 Å². The molecule has 1 aromatic heterocycles. The molecule has 0 bridgehead atoms. The maximum atomic E-state index is 10.4. The molecular weight excluding hydrogens is 242 g/mol. The number of benzene rings is 1. The van der Waals surface area contributed by atoms with Crippen LogP contribution in [0.1, 0.15) is 0 Å². The Morgan fingerprint density at radius 3 is 2.81 bits per heavy atom. The maximum Gasteiger partial charge on any atom is 0.313 e. The Kier molecular flexibility index (Phi) is 3.58. The second-order valence-electron chi connectivity index (χ2n) is 3.05.